The maximum absolute atomic E-state index is 6.02. The first-order chi connectivity index (χ1) is 6.75. The van der Waals surface area contributed by atoms with E-state index in [4.69, 9.17) is 5.73 Å². The van der Waals surface area contributed by atoms with Gasteiger partial charge >= 0.3 is 0 Å². The number of halogens is 3. The molecule has 1 saturated carbocycles. The van der Waals surface area contributed by atoms with Gasteiger partial charge < -0.3 is 10.6 Å². The highest BCUT2D eigenvalue weighted by Crippen LogP contribution is 2.22. The van der Waals surface area contributed by atoms with E-state index in [1.165, 1.54) is 51.9 Å². The third-order valence-electron chi connectivity index (χ3n) is 3.74. The van der Waals surface area contributed by atoms with Crippen molar-refractivity contribution in [2.75, 3.05) is 33.2 Å². The Balaban J connectivity index is 0. The summed E-state index contributed by atoms with van der Waals surface area (Å²) in [6.45, 7) is 4.94. The van der Waals surface area contributed by atoms with Gasteiger partial charge in [0.15, 0.2) is 0 Å². The molecule has 2 atom stereocenters. The molecule has 106 valence electrons. The molecule has 2 rings (SSSR count). The zero-order chi connectivity index (χ0) is 9.97. The van der Waals surface area contributed by atoms with Gasteiger partial charge in [0.05, 0.1) is 0 Å². The van der Waals surface area contributed by atoms with Gasteiger partial charge in [-0.25, -0.2) is 0 Å². The molecular formula is C11H26Cl3N3. The Hall–Kier alpha value is 0.750. The fourth-order valence-electron chi connectivity index (χ4n) is 2.72. The third kappa shape index (κ3) is 5.95. The fraction of sp³-hybridized carbons (Fsp3) is 1.00. The summed E-state index contributed by atoms with van der Waals surface area (Å²) in [4.78, 5) is 5.07. The highest BCUT2D eigenvalue weighted by atomic mass is 35.5. The minimum Gasteiger partial charge on any atom is -0.328 e. The van der Waals surface area contributed by atoms with Crippen LogP contribution in [0.2, 0.25) is 0 Å². The molecule has 0 aromatic heterocycles. The van der Waals surface area contributed by atoms with Gasteiger partial charge in [-0.1, -0.05) is 6.42 Å². The van der Waals surface area contributed by atoms with Gasteiger partial charge in [0.2, 0.25) is 0 Å². The summed E-state index contributed by atoms with van der Waals surface area (Å²) >= 11 is 0. The lowest BCUT2D eigenvalue weighted by Gasteiger charge is -2.40. The van der Waals surface area contributed by atoms with Crippen molar-refractivity contribution >= 4 is 37.2 Å². The molecule has 6 heteroatoms. The summed E-state index contributed by atoms with van der Waals surface area (Å²) in [5, 5.41) is 0. The Bertz CT molecular complexity index is 187. The molecule has 2 fully saturated rings. The number of nitrogens with two attached hydrogens (primary N) is 1. The van der Waals surface area contributed by atoms with Crippen LogP contribution < -0.4 is 5.73 Å². The Kier molecular flexibility index (Phi) is 11.4. The van der Waals surface area contributed by atoms with Crippen molar-refractivity contribution in [2.45, 2.75) is 37.8 Å². The first-order valence-electron chi connectivity index (χ1n) is 5.94. The van der Waals surface area contributed by atoms with Crippen molar-refractivity contribution in [1.29, 1.82) is 0 Å². The van der Waals surface area contributed by atoms with Crippen molar-refractivity contribution in [3.63, 3.8) is 0 Å². The number of rotatable bonds is 1. The van der Waals surface area contributed by atoms with E-state index in [2.05, 4.69) is 16.8 Å². The minimum atomic E-state index is 0. The molecule has 1 aliphatic carbocycles. The van der Waals surface area contributed by atoms with Gasteiger partial charge in [-0.2, -0.15) is 0 Å². The average molecular weight is 307 g/mol. The molecule has 1 heterocycles. The zero-order valence-electron chi connectivity index (χ0n) is 10.5. The maximum Gasteiger partial charge on any atom is 0.0113 e. The van der Waals surface area contributed by atoms with Crippen molar-refractivity contribution in [3.8, 4) is 0 Å². The highest BCUT2D eigenvalue weighted by Gasteiger charge is 2.26. The molecular weight excluding hydrogens is 281 g/mol. The van der Waals surface area contributed by atoms with Crippen LogP contribution >= 0.6 is 37.2 Å². The van der Waals surface area contributed by atoms with Crippen molar-refractivity contribution < 1.29 is 0 Å². The van der Waals surface area contributed by atoms with Crippen LogP contribution in [0.4, 0.5) is 0 Å². The molecule has 0 unspecified atom stereocenters. The number of piperazine rings is 1. The second-order valence-electron chi connectivity index (χ2n) is 4.92. The largest absolute Gasteiger partial charge is 0.328 e. The van der Waals surface area contributed by atoms with Gasteiger partial charge in [0.1, 0.15) is 0 Å². The SMILES string of the molecule is CN1CCN([C@H]2CCC[C@@H](N)C2)CC1.Cl.Cl.Cl. The smallest absolute Gasteiger partial charge is 0.0113 e. The molecule has 0 amide bonds. The van der Waals surface area contributed by atoms with Crippen LogP contribution in [0.1, 0.15) is 25.7 Å². The van der Waals surface area contributed by atoms with E-state index in [9.17, 15) is 0 Å². The molecule has 1 aliphatic heterocycles. The van der Waals surface area contributed by atoms with E-state index >= 15 is 0 Å². The molecule has 2 aliphatic rings. The number of nitrogens with zero attached hydrogens (tertiary/aromatic N) is 2. The van der Waals surface area contributed by atoms with Gasteiger partial charge in [-0.15, -0.1) is 37.2 Å². The first-order valence-corrected chi connectivity index (χ1v) is 5.94. The maximum atomic E-state index is 6.02. The van der Waals surface area contributed by atoms with Crippen LogP contribution in [0.3, 0.4) is 0 Å². The normalized spacial score (nSPS) is 30.7. The lowest BCUT2D eigenvalue weighted by Crippen LogP contribution is -2.51. The number of hydrogen-bond acceptors (Lipinski definition) is 3. The number of likely N-dealkylation sites (N-methyl/N-ethyl adjacent to an activating group) is 1. The lowest BCUT2D eigenvalue weighted by atomic mass is 9.90. The van der Waals surface area contributed by atoms with Gasteiger partial charge in [0.25, 0.3) is 0 Å². The molecule has 0 aromatic carbocycles. The monoisotopic (exact) mass is 305 g/mol. The predicted molar refractivity (Wildman–Crippen MR) is 81.0 cm³/mol. The van der Waals surface area contributed by atoms with E-state index in [1.54, 1.807) is 0 Å². The Morgan fingerprint density at radius 1 is 0.941 bits per heavy atom. The Morgan fingerprint density at radius 2 is 1.53 bits per heavy atom. The van der Waals surface area contributed by atoms with Crippen molar-refractivity contribution in [3.05, 3.63) is 0 Å². The van der Waals surface area contributed by atoms with E-state index in [0.29, 0.717) is 6.04 Å². The average Bonchev–Trinajstić information content (AvgIpc) is 2.19. The molecule has 0 aromatic rings. The van der Waals surface area contributed by atoms with E-state index in [0.717, 1.165) is 6.04 Å². The van der Waals surface area contributed by atoms with Crippen LogP contribution in [-0.2, 0) is 0 Å². The fourth-order valence-corrected chi connectivity index (χ4v) is 2.72. The summed E-state index contributed by atoms with van der Waals surface area (Å²) in [7, 11) is 2.21. The third-order valence-corrected chi connectivity index (χ3v) is 3.74. The predicted octanol–water partition coefficient (Wildman–Crippen LogP) is 1.77. The second-order valence-corrected chi connectivity index (χ2v) is 4.92. The molecule has 0 bridgehead atoms. The summed E-state index contributed by atoms with van der Waals surface area (Å²) < 4.78 is 0. The van der Waals surface area contributed by atoms with E-state index in [-0.39, 0.29) is 37.2 Å². The highest BCUT2D eigenvalue weighted by molar-refractivity contribution is 5.86. The van der Waals surface area contributed by atoms with E-state index in [1.807, 2.05) is 0 Å². The summed E-state index contributed by atoms with van der Waals surface area (Å²) in [6.07, 6.45) is 5.17. The summed E-state index contributed by atoms with van der Waals surface area (Å²) in [5.74, 6) is 0. The van der Waals surface area contributed by atoms with Gasteiger partial charge in [-0.3, -0.25) is 4.90 Å². The van der Waals surface area contributed by atoms with Gasteiger partial charge in [-0.05, 0) is 26.3 Å². The zero-order valence-corrected chi connectivity index (χ0v) is 13.0. The molecule has 0 radical (unpaired) electrons. The quantitative estimate of drug-likeness (QED) is 0.801. The minimum absolute atomic E-state index is 0. The molecule has 0 spiro atoms. The molecule has 3 nitrogen and oxygen atoms in total. The van der Waals surface area contributed by atoms with Crippen LogP contribution in [-0.4, -0.2) is 55.1 Å². The van der Waals surface area contributed by atoms with Crippen LogP contribution in [0.15, 0.2) is 0 Å². The van der Waals surface area contributed by atoms with Crippen LogP contribution in [0, 0.1) is 0 Å². The van der Waals surface area contributed by atoms with Crippen LogP contribution in [0.25, 0.3) is 0 Å². The Labute approximate surface area is 124 Å². The van der Waals surface area contributed by atoms with Crippen molar-refractivity contribution in [1.82, 2.24) is 9.80 Å². The Morgan fingerprint density at radius 3 is 2.06 bits per heavy atom. The molecule has 1 saturated heterocycles. The van der Waals surface area contributed by atoms with Gasteiger partial charge in [0, 0.05) is 38.3 Å². The van der Waals surface area contributed by atoms with Crippen molar-refractivity contribution in [2.24, 2.45) is 5.73 Å². The van der Waals surface area contributed by atoms with Crippen LogP contribution in [0.5, 0.6) is 0 Å². The first kappa shape index (κ1) is 20.1. The second kappa shape index (κ2) is 9.65. The van der Waals surface area contributed by atoms with E-state index < -0.39 is 0 Å². The topological polar surface area (TPSA) is 32.5 Å². The standard InChI is InChI=1S/C11H23N3.3ClH/c1-13-5-7-14(8-6-13)11-4-2-3-10(12)9-11;;;/h10-11H,2-9,12H2,1H3;3*1H/t10-,11+;;;/m1.../s1. The molecule has 17 heavy (non-hydrogen) atoms. The summed E-state index contributed by atoms with van der Waals surface area (Å²) in [5.41, 5.74) is 6.02. The molecule has 2 N–H and O–H groups in total. The summed E-state index contributed by atoms with van der Waals surface area (Å²) in [6, 6.07) is 1.25. The number of hydrogen-bond donors (Lipinski definition) is 1. The lowest BCUT2D eigenvalue weighted by molar-refractivity contribution is 0.0869.